The van der Waals surface area contributed by atoms with E-state index in [4.69, 9.17) is 0 Å². The predicted molar refractivity (Wildman–Crippen MR) is 119 cm³/mol. The molecule has 3 nitrogen and oxygen atoms in total. The van der Waals surface area contributed by atoms with Crippen LogP contribution >= 0.6 is 7.94 Å². The lowest BCUT2D eigenvalue weighted by Gasteiger charge is -2.34. The van der Waals surface area contributed by atoms with Crippen LogP contribution in [0.1, 0.15) is 109 Å². The lowest BCUT2D eigenvalue weighted by Crippen LogP contribution is -2.36. The molecule has 0 atom stereocenters. The Morgan fingerprint density at radius 3 is 1.26 bits per heavy atom. The van der Waals surface area contributed by atoms with Gasteiger partial charge in [-0.25, -0.2) is 0 Å². The van der Waals surface area contributed by atoms with Gasteiger partial charge < -0.3 is 0 Å². The third-order valence-electron chi connectivity index (χ3n) is 5.34. The minimum atomic E-state index is -4.17. The molecule has 1 aromatic carbocycles. The molecule has 3 N–H and O–H groups in total. The molecule has 0 saturated heterocycles. The van der Waals surface area contributed by atoms with Crippen LogP contribution in [-0.2, 0) is 23.7 Å². The van der Waals surface area contributed by atoms with Gasteiger partial charge in [0.1, 0.15) is 0 Å². The summed E-state index contributed by atoms with van der Waals surface area (Å²) in [5.74, 6) is 0. The smallest absolute Gasteiger partial charge is 0.189 e. The Morgan fingerprint density at radius 2 is 1.04 bits per heavy atom. The molecule has 0 aliphatic heterocycles. The maximum Gasteiger partial charge on any atom is 0.441 e. The standard InChI is InChI=1S/C23H42O3P/c1-10-12-14-17-16(3)18(15-13-11-2)20(23(7,8)9)21(27(24,25)26)19(17)22(4,5)6/h24-26H,10-15H2,1-9H3/q+1. The normalized spacial score (nSPS) is 13.3. The van der Waals surface area contributed by atoms with Crippen molar-refractivity contribution in [3.8, 4) is 0 Å². The molecule has 0 aromatic heterocycles. The van der Waals surface area contributed by atoms with Gasteiger partial charge in [0.15, 0.2) is 5.30 Å². The highest BCUT2D eigenvalue weighted by molar-refractivity contribution is 7.67. The summed E-state index contributed by atoms with van der Waals surface area (Å²) in [5.41, 5.74) is 5.01. The molecule has 0 fully saturated rings. The summed E-state index contributed by atoms with van der Waals surface area (Å²) in [7, 11) is -4.17. The second-order valence-electron chi connectivity index (χ2n) is 9.96. The van der Waals surface area contributed by atoms with E-state index in [-0.39, 0.29) is 10.8 Å². The van der Waals surface area contributed by atoms with Crippen molar-refractivity contribution in [2.24, 2.45) is 0 Å². The highest BCUT2D eigenvalue weighted by Crippen LogP contribution is 2.51. The first-order chi connectivity index (χ1) is 12.2. The van der Waals surface area contributed by atoms with Gasteiger partial charge in [-0.15, -0.1) is 0 Å². The lowest BCUT2D eigenvalue weighted by molar-refractivity contribution is 0.344. The molecule has 0 amide bonds. The second-order valence-corrected chi connectivity index (χ2v) is 11.5. The summed E-state index contributed by atoms with van der Waals surface area (Å²) < 4.78 is 0. The number of rotatable bonds is 7. The van der Waals surface area contributed by atoms with Gasteiger partial charge >= 0.3 is 7.94 Å². The predicted octanol–water partition coefficient (Wildman–Crippen LogP) is 5.64. The van der Waals surface area contributed by atoms with Crippen molar-refractivity contribution in [3.63, 3.8) is 0 Å². The number of hydrogen-bond acceptors (Lipinski definition) is 3. The van der Waals surface area contributed by atoms with Crippen LogP contribution in [-0.4, -0.2) is 14.7 Å². The first-order valence-electron chi connectivity index (χ1n) is 10.4. The number of unbranched alkanes of at least 4 members (excludes halogenated alkanes) is 2. The molecular formula is C23H42O3P+. The Hall–Kier alpha value is -0.470. The van der Waals surface area contributed by atoms with Crippen molar-refractivity contribution < 1.29 is 14.7 Å². The first kappa shape index (κ1) is 24.6. The highest BCUT2D eigenvalue weighted by Gasteiger charge is 2.47. The summed E-state index contributed by atoms with van der Waals surface area (Å²) >= 11 is 0. The molecule has 1 rings (SSSR count). The topological polar surface area (TPSA) is 60.7 Å². The van der Waals surface area contributed by atoms with Gasteiger partial charge in [0.05, 0.1) is 0 Å². The van der Waals surface area contributed by atoms with E-state index in [0.29, 0.717) is 5.30 Å². The molecule has 27 heavy (non-hydrogen) atoms. The molecule has 0 spiro atoms. The van der Waals surface area contributed by atoms with Crippen LogP contribution in [0.25, 0.3) is 0 Å². The van der Waals surface area contributed by atoms with Crippen LogP contribution < -0.4 is 5.30 Å². The van der Waals surface area contributed by atoms with Crippen LogP contribution in [0.2, 0.25) is 0 Å². The Morgan fingerprint density at radius 1 is 0.704 bits per heavy atom. The Kier molecular flexibility index (Phi) is 8.10. The Bertz CT molecular complexity index is 597. The fourth-order valence-corrected chi connectivity index (χ4v) is 5.76. The zero-order valence-corrected chi connectivity index (χ0v) is 19.9. The van der Waals surface area contributed by atoms with E-state index in [1.54, 1.807) is 0 Å². The quantitative estimate of drug-likeness (QED) is 0.522. The van der Waals surface area contributed by atoms with Crippen LogP contribution in [0.3, 0.4) is 0 Å². The van der Waals surface area contributed by atoms with E-state index in [9.17, 15) is 14.7 Å². The molecule has 1 aromatic rings. The molecule has 0 bridgehead atoms. The molecule has 156 valence electrons. The van der Waals surface area contributed by atoms with Gasteiger partial charge in [-0.05, 0) is 60.1 Å². The maximum atomic E-state index is 10.6. The van der Waals surface area contributed by atoms with Gasteiger partial charge in [-0.3, -0.25) is 0 Å². The third-order valence-corrected chi connectivity index (χ3v) is 6.39. The fourth-order valence-electron chi connectivity index (χ4n) is 4.22. The van der Waals surface area contributed by atoms with Crippen LogP contribution in [0.4, 0.5) is 0 Å². The zero-order valence-electron chi connectivity index (χ0n) is 19.0. The zero-order chi connectivity index (χ0) is 21.2. The number of benzene rings is 1. The minimum absolute atomic E-state index is 0.286. The van der Waals surface area contributed by atoms with E-state index >= 15 is 0 Å². The van der Waals surface area contributed by atoms with E-state index in [1.165, 1.54) is 16.7 Å². The fraction of sp³-hybridized carbons (Fsp3) is 0.739. The van der Waals surface area contributed by atoms with Crippen molar-refractivity contribution in [2.45, 2.75) is 112 Å². The molecule has 0 saturated carbocycles. The Labute approximate surface area is 167 Å². The van der Waals surface area contributed by atoms with E-state index in [0.717, 1.165) is 49.7 Å². The largest absolute Gasteiger partial charge is 0.441 e. The maximum absolute atomic E-state index is 10.6. The monoisotopic (exact) mass is 397 g/mol. The van der Waals surface area contributed by atoms with Crippen LogP contribution in [0, 0.1) is 6.92 Å². The van der Waals surface area contributed by atoms with Crippen molar-refractivity contribution in [2.75, 3.05) is 0 Å². The van der Waals surface area contributed by atoms with Crippen molar-refractivity contribution in [1.82, 2.24) is 0 Å². The SMILES string of the molecule is CCCCc1c(C)c(CCCC)c(C(C)(C)C)c([P+](O)(O)O)c1C(C)(C)C. The van der Waals surface area contributed by atoms with Gasteiger partial charge in [-0.1, -0.05) is 68.2 Å². The van der Waals surface area contributed by atoms with Gasteiger partial charge in [0.25, 0.3) is 0 Å². The molecule has 0 unspecified atom stereocenters. The van der Waals surface area contributed by atoms with E-state index < -0.39 is 7.94 Å². The molecular weight excluding hydrogens is 355 g/mol. The third kappa shape index (κ3) is 5.76. The average molecular weight is 398 g/mol. The van der Waals surface area contributed by atoms with Crippen LogP contribution in [0.5, 0.6) is 0 Å². The second kappa shape index (κ2) is 8.91. The van der Waals surface area contributed by atoms with Crippen LogP contribution in [0.15, 0.2) is 0 Å². The number of hydrogen-bond donors (Lipinski definition) is 3. The average Bonchev–Trinajstić information content (AvgIpc) is 2.48. The lowest BCUT2D eigenvalue weighted by atomic mass is 9.72. The Balaban J connectivity index is 4.13. The van der Waals surface area contributed by atoms with Crippen molar-refractivity contribution in [3.05, 3.63) is 27.8 Å². The molecule has 0 aliphatic rings. The summed E-state index contributed by atoms with van der Waals surface area (Å²) in [6.07, 6.45) is 6.10. The van der Waals surface area contributed by atoms with Crippen molar-refractivity contribution in [1.29, 1.82) is 0 Å². The van der Waals surface area contributed by atoms with Gasteiger partial charge in [0, 0.05) is 11.1 Å². The first-order valence-corrected chi connectivity index (χ1v) is 12.1. The van der Waals surface area contributed by atoms with E-state index in [2.05, 4.69) is 62.3 Å². The van der Waals surface area contributed by atoms with Gasteiger partial charge in [0.2, 0.25) is 0 Å². The molecule has 0 heterocycles. The highest BCUT2D eigenvalue weighted by atomic mass is 31.2. The summed E-state index contributed by atoms with van der Waals surface area (Å²) in [4.78, 5) is 31.8. The minimum Gasteiger partial charge on any atom is -0.189 e. The summed E-state index contributed by atoms with van der Waals surface area (Å²) in [6.45, 7) is 19.2. The summed E-state index contributed by atoms with van der Waals surface area (Å²) in [5, 5.41) is 0.422. The van der Waals surface area contributed by atoms with Gasteiger partial charge in [-0.2, -0.15) is 14.7 Å². The summed E-state index contributed by atoms with van der Waals surface area (Å²) in [6, 6.07) is 0. The van der Waals surface area contributed by atoms with Crippen molar-refractivity contribution >= 4 is 13.2 Å². The van der Waals surface area contributed by atoms with E-state index in [1.807, 2.05) is 0 Å². The molecule has 0 radical (unpaired) electrons. The molecule has 4 heteroatoms. The molecule has 0 aliphatic carbocycles.